The van der Waals surface area contributed by atoms with E-state index >= 15 is 0 Å². The molecule has 0 saturated carbocycles. The molecular weight excluding hydrogens is 344 g/mol. The summed E-state index contributed by atoms with van der Waals surface area (Å²) in [7, 11) is 0. The van der Waals surface area contributed by atoms with Crippen LogP contribution in [0.1, 0.15) is 96.8 Å². The van der Waals surface area contributed by atoms with E-state index in [0.717, 1.165) is 13.0 Å². The smallest absolute Gasteiger partial charge is 0.115 e. The van der Waals surface area contributed by atoms with Gasteiger partial charge >= 0.3 is 0 Å². The lowest BCUT2D eigenvalue weighted by atomic mass is 10.0. The molecule has 161 valence electrons. The van der Waals surface area contributed by atoms with Crippen molar-refractivity contribution in [2.24, 2.45) is 0 Å². The Labute approximate surface area is 166 Å². The molecule has 1 aliphatic heterocycles. The van der Waals surface area contributed by atoms with Crippen molar-refractivity contribution in [3.63, 3.8) is 0 Å². The standard InChI is InChI=1S/C22H43O5/c1-2-3-4-5-6-7-8-9-10-11-12-13-14-15-16-26-18-20-22(25)21(24)19(23)17-27-20/h17,19-25H,2-16,18H2,1H3/t19-,20+,21+,22+/m0/s1. The summed E-state index contributed by atoms with van der Waals surface area (Å²) < 4.78 is 10.7. The van der Waals surface area contributed by atoms with Gasteiger partial charge in [-0.05, 0) is 6.42 Å². The van der Waals surface area contributed by atoms with Crippen molar-refractivity contribution in [2.75, 3.05) is 13.2 Å². The molecule has 1 rings (SSSR count). The van der Waals surface area contributed by atoms with Crippen molar-refractivity contribution < 1.29 is 24.8 Å². The van der Waals surface area contributed by atoms with Crippen LogP contribution in [-0.4, -0.2) is 52.9 Å². The van der Waals surface area contributed by atoms with Gasteiger partial charge in [-0.3, -0.25) is 0 Å². The van der Waals surface area contributed by atoms with Gasteiger partial charge in [0.1, 0.15) is 31.0 Å². The van der Waals surface area contributed by atoms with Crippen LogP contribution in [0, 0.1) is 6.61 Å². The second-order valence-electron chi connectivity index (χ2n) is 7.95. The number of aliphatic hydroxyl groups is 3. The maximum atomic E-state index is 9.80. The van der Waals surface area contributed by atoms with Crippen molar-refractivity contribution in [3.8, 4) is 0 Å². The zero-order chi connectivity index (χ0) is 19.7. The van der Waals surface area contributed by atoms with E-state index in [1.165, 1.54) is 83.5 Å². The van der Waals surface area contributed by atoms with Crippen LogP contribution in [0.3, 0.4) is 0 Å². The molecule has 4 atom stereocenters. The predicted molar refractivity (Wildman–Crippen MR) is 108 cm³/mol. The number of hydrogen-bond acceptors (Lipinski definition) is 5. The molecule has 0 bridgehead atoms. The molecule has 0 spiro atoms. The molecule has 0 aliphatic carbocycles. The monoisotopic (exact) mass is 387 g/mol. The summed E-state index contributed by atoms with van der Waals surface area (Å²) in [4.78, 5) is 0. The first-order valence-corrected chi connectivity index (χ1v) is 11.3. The van der Waals surface area contributed by atoms with Crippen LogP contribution in [-0.2, 0) is 9.47 Å². The van der Waals surface area contributed by atoms with E-state index in [0.29, 0.717) is 6.61 Å². The Morgan fingerprint density at radius 3 is 1.70 bits per heavy atom. The third kappa shape index (κ3) is 12.1. The molecule has 0 aromatic rings. The van der Waals surface area contributed by atoms with Crippen molar-refractivity contribution in [1.29, 1.82) is 0 Å². The molecule has 5 heteroatoms. The van der Waals surface area contributed by atoms with Crippen LogP contribution in [0.25, 0.3) is 0 Å². The van der Waals surface area contributed by atoms with Crippen LogP contribution >= 0.6 is 0 Å². The van der Waals surface area contributed by atoms with Crippen LogP contribution in [0.5, 0.6) is 0 Å². The number of hydrogen-bond donors (Lipinski definition) is 3. The summed E-state index contributed by atoms with van der Waals surface area (Å²) in [6.07, 6.45) is 14.6. The second kappa shape index (κ2) is 16.7. The lowest BCUT2D eigenvalue weighted by Crippen LogP contribution is -2.52. The van der Waals surface area contributed by atoms with Crippen molar-refractivity contribution in [1.82, 2.24) is 0 Å². The molecule has 0 aromatic carbocycles. The summed E-state index contributed by atoms with van der Waals surface area (Å²) in [5.41, 5.74) is 0. The maximum absolute atomic E-state index is 9.80. The number of unbranched alkanes of at least 4 members (excludes halogenated alkanes) is 13. The van der Waals surface area contributed by atoms with Crippen LogP contribution in [0.15, 0.2) is 0 Å². The topological polar surface area (TPSA) is 79.2 Å². The molecule has 0 aromatic heterocycles. The predicted octanol–water partition coefficient (Wildman–Crippen LogP) is 4.13. The van der Waals surface area contributed by atoms with E-state index in [2.05, 4.69) is 6.92 Å². The molecule has 5 nitrogen and oxygen atoms in total. The number of aliphatic hydroxyl groups excluding tert-OH is 3. The lowest BCUT2D eigenvalue weighted by Gasteiger charge is -2.34. The molecule has 1 saturated heterocycles. The van der Waals surface area contributed by atoms with Crippen LogP contribution in [0.2, 0.25) is 0 Å². The molecule has 1 heterocycles. The first kappa shape index (κ1) is 24.8. The molecule has 3 N–H and O–H groups in total. The minimum absolute atomic E-state index is 0.236. The quantitative estimate of drug-likeness (QED) is 0.327. The van der Waals surface area contributed by atoms with Crippen LogP contribution < -0.4 is 0 Å². The van der Waals surface area contributed by atoms with Gasteiger partial charge in [0, 0.05) is 6.61 Å². The van der Waals surface area contributed by atoms with Gasteiger partial charge in [0.05, 0.1) is 6.61 Å². The van der Waals surface area contributed by atoms with Gasteiger partial charge < -0.3 is 24.8 Å². The van der Waals surface area contributed by atoms with Gasteiger partial charge in [0.15, 0.2) is 0 Å². The van der Waals surface area contributed by atoms with E-state index in [1.54, 1.807) is 0 Å². The van der Waals surface area contributed by atoms with Gasteiger partial charge in [0.25, 0.3) is 0 Å². The SMILES string of the molecule is CCCCCCCCCCCCCCCCOC[C@H]1O[CH][C@H](O)[C@@H](O)[C@@H]1O. The highest BCUT2D eigenvalue weighted by Crippen LogP contribution is 2.19. The van der Waals surface area contributed by atoms with E-state index < -0.39 is 24.4 Å². The van der Waals surface area contributed by atoms with Gasteiger partial charge in [0.2, 0.25) is 0 Å². The Morgan fingerprint density at radius 1 is 0.704 bits per heavy atom. The molecule has 0 unspecified atom stereocenters. The average molecular weight is 388 g/mol. The minimum atomic E-state index is -1.20. The number of rotatable bonds is 17. The zero-order valence-electron chi connectivity index (χ0n) is 17.4. The first-order chi connectivity index (χ1) is 13.2. The van der Waals surface area contributed by atoms with Gasteiger partial charge in [-0.1, -0.05) is 90.4 Å². The fourth-order valence-electron chi connectivity index (χ4n) is 3.50. The van der Waals surface area contributed by atoms with E-state index in [4.69, 9.17) is 9.47 Å². The van der Waals surface area contributed by atoms with Crippen LogP contribution in [0.4, 0.5) is 0 Å². The third-order valence-electron chi connectivity index (χ3n) is 5.40. The molecule has 1 radical (unpaired) electrons. The Hall–Kier alpha value is -0.200. The number of ether oxygens (including phenoxy) is 2. The van der Waals surface area contributed by atoms with Gasteiger partial charge in [-0.15, -0.1) is 0 Å². The van der Waals surface area contributed by atoms with Crippen molar-refractivity contribution in [3.05, 3.63) is 6.61 Å². The van der Waals surface area contributed by atoms with E-state index in [9.17, 15) is 15.3 Å². The van der Waals surface area contributed by atoms with Crippen molar-refractivity contribution >= 4 is 0 Å². The van der Waals surface area contributed by atoms with Gasteiger partial charge in [-0.25, -0.2) is 0 Å². The highest BCUT2D eigenvalue weighted by atomic mass is 16.6. The Bertz CT molecular complexity index is 326. The average Bonchev–Trinajstić information content (AvgIpc) is 2.67. The normalized spacial score (nSPS) is 25.8. The zero-order valence-corrected chi connectivity index (χ0v) is 17.4. The second-order valence-corrected chi connectivity index (χ2v) is 7.95. The molecule has 1 aliphatic rings. The lowest BCUT2D eigenvalue weighted by molar-refractivity contribution is -0.174. The largest absolute Gasteiger partial charge is 0.388 e. The molecular formula is C22H43O5. The van der Waals surface area contributed by atoms with Gasteiger partial charge in [-0.2, -0.15) is 0 Å². The Kier molecular flexibility index (Phi) is 15.4. The Morgan fingerprint density at radius 2 is 1.19 bits per heavy atom. The maximum Gasteiger partial charge on any atom is 0.115 e. The summed E-state index contributed by atoms with van der Waals surface area (Å²) in [6, 6.07) is 0. The highest BCUT2D eigenvalue weighted by molar-refractivity contribution is 4.91. The molecule has 0 amide bonds. The first-order valence-electron chi connectivity index (χ1n) is 11.3. The summed E-state index contributed by atoms with van der Waals surface area (Å²) in [6.45, 7) is 4.31. The molecule has 1 fully saturated rings. The minimum Gasteiger partial charge on any atom is -0.388 e. The third-order valence-corrected chi connectivity index (χ3v) is 5.40. The van der Waals surface area contributed by atoms with E-state index in [-0.39, 0.29) is 6.61 Å². The fourth-order valence-corrected chi connectivity index (χ4v) is 3.50. The van der Waals surface area contributed by atoms with E-state index in [1.807, 2.05) is 0 Å². The highest BCUT2D eigenvalue weighted by Gasteiger charge is 2.37. The fraction of sp³-hybridized carbons (Fsp3) is 0.955. The van der Waals surface area contributed by atoms with Crippen molar-refractivity contribution in [2.45, 2.75) is 121 Å². The Balaban J connectivity index is 1.78. The summed E-state index contributed by atoms with van der Waals surface area (Å²) in [5, 5.41) is 28.7. The summed E-state index contributed by atoms with van der Waals surface area (Å²) >= 11 is 0. The molecule has 27 heavy (non-hydrogen) atoms. The summed E-state index contributed by atoms with van der Waals surface area (Å²) in [5.74, 6) is 0.